The van der Waals surface area contributed by atoms with Crippen LogP contribution in [-0.2, 0) is 17.6 Å². The third kappa shape index (κ3) is 3.85. The van der Waals surface area contributed by atoms with E-state index >= 15 is 0 Å². The quantitative estimate of drug-likeness (QED) is 0.894. The van der Waals surface area contributed by atoms with Crippen molar-refractivity contribution in [2.24, 2.45) is 0 Å². The van der Waals surface area contributed by atoms with Crippen LogP contribution in [-0.4, -0.2) is 18.2 Å². The van der Waals surface area contributed by atoms with E-state index in [-0.39, 0.29) is 6.42 Å². The molecule has 0 saturated heterocycles. The lowest BCUT2D eigenvalue weighted by atomic mass is 10.0. The number of ether oxygens (including phenoxy) is 1. The van der Waals surface area contributed by atoms with Crippen molar-refractivity contribution < 1.29 is 14.6 Å². The molecule has 0 aliphatic carbocycles. The van der Waals surface area contributed by atoms with E-state index in [2.05, 4.69) is 0 Å². The first-order valence-corrected chi connectivity index (χ1v) is 6.10. The first kappa shape index (κ1) is 13.1. The highest BCUT2D eigenvalue weighted by molar-refractivity contribution is 5.70. The van der Waals surface area contributed by atoms with Crippen molar-refractivity contribution in [2.75, 3.05) is 7.11 Å². The number of hydrogen-bond acceptors (Lipinski definition) is 2. The number of rotatable bonds is 5. The van der Waals surface area contributed by atoms with Gasteiger partial charge in [-0.3, -0.25) is 4.79 Å². The van der Waals surface area contributed by atoms with Gasteiger partial charge in [-0.15, -0.1) is 0 Å². The zero-order chi connectivity index (χ0) is 13.7. The van der Waals surface area contributed by atoms with Gasteiger partial charge in [-0.1, -0.05) is 36.4 Å². The zero-order valence-electron chi connectivity index (χ0n) is 10.8. The van der Waals surface area contributed by atoms with Gasteiger partial charge in [0.1, 0.15) is 5.75 Å². The molecular weight excluding hydrogens is 240 g/mol. The van der Waals surface area contributed by atoms with Crippen LogP contribution >= 0.6 is 0 Å². The van der Waals surface area contributed by atoms with Crippen LogP contribution in [0.5, 0.6) is 5.75 Å². The Labute approximate surface area is 112 Å². The Bertz CT molecular complexity index is 541. The molecular formula is C16H16O3. The number of methoxy groups -OCH3 is 1. The van der Waals surface area contributed by atoms with Crippen LogP contribution < -0.4 is 4.74 Å². The fraction of sp³-hybridized carbons (Fsp3) is 0.188. The molecule has 0 saturated carbocycles. The number of carboxylic acid groups (broad SMARTS) is 1. The number of carbonyl (C=O) groups is 1. The largest absolute Gasteiger partial charge is 0.497 e. The van der Waals surface area contributed by atoms with E-state index in [1.54, 1.807) is 7.11 Å². The third-order valence-corrected chi connectivity index (χ3v) is 2.95. The summed E-state index contributed by atoms with van der Waals surface area (Å²) in [5, 5.41) is 8.71. The van der Waals surface area contributed by atoms with Crippen molar-refractivity contribution in [3.8, 4) is 5.75 Å². The molecule has 19 heavy (non-hydrogen) atoms. The number of carboxylic acids is 1. The van der Waals surface area contributed by atoms with Crippen molar-refractivity contribution in [1.29, 1.82) is 0 Å². The van der Waals surface area contributed by atoms with Crippen LogP contribution in [0.25, 0.3) is 0 Å². The molecule has 0 fully saturated rings. The van der Waals surface area contributed by atoms with Crippen molar-refractivity contribution in [3.05, 3.63) is 65.2 Å². The number of hydrogen-bond donors (Lipinski definition) is 1. The predicted octanol–water partition coefficient (Wildman–Crippen LogP) is 2.91. The molecule has 3 nitrogen and oxygen atoms in total. The molecule has 2 rings (SSSR count). The maximum absolute atomic E-state index is 10.6. The summed E-state index contributed by atoms with van der Waals surface area (Å²) in [6.45, 7) is 0. The summed E-state index contributed by atoms with van der Waals surface area (Å²) in [4.78, 5) is 10.6. The lowest BCUT2D eigenvalue weighted by Crippen LogP contribution is -2.00. The lowest BCUT2D eigenvalue weighted by molar-refractivity contribution is -0.136. The molecule has 0 aliphatic heterocycles. The first-order chi connectivity index (χ1) is 9.17. The fourth-order valence-electron chi connectivity index (χ4n) is 1.93. The summed E-state index contributed by atoms with van der Waals surface area (Å²) < 4.78 is 5.12. The summed E-state index contributed by atoms with van der Waals surface area (Å²) in [5.74, 6) is 0.0449. The maximum atomic E-state index is 10.6. The second-order valence-corrected chi connectivity index (χ2v) is 4.41. The molecule has 0 unspecified atom stereocenters. The fourth-order valence-corrected chi connectivity index (χ4v) is 1.93. The van der Waals surface area contributed by atoms with Crippen molar-refractivity contribution in [1.82, 2.24) is 0 Å². The third-order valence-electron chi connectivity index (χ3n) is 2.95. The van der Waals surface area contributed by atoms with Crippen LogP contribution in [0, 0.1) is 0 Å². The molecule has 1 N–H and O–H groups in total. The topological polar surface area (TPSA) is 46.5 Å². The normalized spacial score (nSPS) is 10.2. The van der Waals surface area contributed by atoms with Gasteiger partial charge in [-0.05, 0) is 35.2 Å². The van der Waals surface area contributed by atoms with Gasteiger partial charge < -0.3 is 9.84 Å². The molecule has 0 aromatic heterocycles. The Morgan fingerprint density at radius 2 is 1.42 bits per heavy atom. The monoisotopic (exact) mass is 256 g/mol. The van der Waals surface area contributed by atoms with E-state index < -0.39 is 5.97 Å². The van der Waals surface area contributed by atoms with Crippen molar-refractivity contribution in [3.63, 3.8) is 0 Å². The molecule has 2 aromatic rings. The van der Waals surface area contributed by atoms with Gasteiger partial charge >= 0.3 is 5.97 Å². The van der Waals surface area contributed by atoms with Crippen LogP contribution in [0.15, 0.2) is 48.5 Å². The molecule has 0 bridgehead atoms. The van der Waals surface area contributed by atoms with Gasteiger partial charge in [-0.25, -0.2) is 0 Å². The Morgan fingerprint density at radius 1 is 0.947 bits per heavy atom. The standard InChI is InChI=1S/C16H16O3/c1-19-15-8-6-13(7-9-15)10-12-2-4-14(5-3-12)11-16(17)18/h2-9H,10-11H2,1H3,(H,17,18). The number of aliphatic carboxylic acids is 1. The summed E-state index contributed by atoms with van der Waals surface area (Å²) in [5.41, 5.74) is 3.19. The second kappa shape index (κ2) is 6.05. The molecule has 0 atom stereocenters. The molecule has 3 heteroatoms. The highest BCUT2D eigenvalue weighted by Crippen LogP contribution is 2.15. The van der Waals surface area contributed by atoms with Gasteiger partial charge in [0.2, 0.25) is 0 Å². The van der Waals surface area contributed by atoms with Crippen LogP contribution in [0.1, 0.15) is 16.7 Å². The molecule has 0 aliphatic rings. The van der Waals surface area contributed by atoms with Crippen molar-refractivity contribution >= 4 is 5.97 Å². The molecule has 0 spiro atoms. The van der Waals surface area contributed by atoms with E-state index in [9.17, 15) is 4.79 Å². The van der Waals surface area contributed by atoms with Crippen LogP contribution in [0.2, 0.25) is 0 Å². The minimum absolute atomic E-state index is 0.0722. The van der Waals surface area contributed by atoms with E-state index in [0.29, 0.717) is 0 Å². The highest BCUT2D eigenvalue weighted by Gasteiger charge is 2.01. The zero-order valence-corrected chi connectivity index (χ0v) is 10.8. The second-order valence-electron chi connectivity index (χ2n) is 4.41. The Morgan fingerprint density at radius 3 is 1.89 bits per heavy atom. The molecule has 2 aromatic carbocycles. The summed E-state index contributed by atoms with van der Waals surface area (Å²) in [7, 11) is 1.65. The Kier molecular flexibility index (Phi) is 4.18. The molecule has 0 amide bonds. The van der Waals surface area contributed by atoms with Gasteiger partial charge in [0.05, 0.1) is 13.5 Å². The van der Waals surface area contributed by atoms with Crippen molar-refractivity contribution in [2.45, 2.75) is 12.8 Å². The lowest BCUT2D eigenvalue weighted by Gasteiger charge is -2.05. The highest BCUT2D eigenvalue weighted by atomic mass is 16.5. The summed E-state index contributed by atoms with van der Waals surface area (Å²) in [6.07, 6.45) is 0.903. The number of benzene rings is 2. The minimum atomic E-state index is -0.803. The van der Waals surface area contributed by atoms with Gasteiger partial charge in [0.15, 0.2) is 0 Å². The van der Waals surface area contributed by atoms with E-state index in [1.165, 1.54) is 11.1 Å². The van der Waals surface area contributed by atoms with Gasteiger partial charge in [0, 0.05) is 0 Å². The maximum Gasteiger partial charge on any atom is 0.307 e. The smallest absolute Gasteiger partial charge is 0.307 e. The molecule has 0 heterocycles. The summed E-state index contributed by atoms with van der Waals surface area (Å²) >= 11 is 0. The predicted molar refractivity (Wildman–Crippen MR) is 73.6 cm³/mol. The average Bonchev–Trinajstić information content (AvgIpc) is 2.41. The Balaban J connectivity index is 2.04. The van der Waals surface area contributed by atoms with Gasteiger partial charge in [0.25, 0.3) is 0 Å². The van der Waals surface area contributed by atoms with Gasteiger partial charge in [-0.2, -0.15) is 0 Å². The minimum Gasteiger partial charge on any atom is -0.497 e. The van der Waals surface area contributed by atoms with E-state index in [1.807, 2.05) is 48.5 Å². The summed E-state index contributed by atoms with van der Waals surface area (Å²) in [6, 6.07) is 15.6. The Hall–Kier alpha value is -2.29. The first-order valence-electron chi connectivity index (χ1n) is 6.10. The molecule has 98 valence electrons. The van der Waals surface area contributed by atoms with E-state index in [0.717, 1.165) is 17.7 Å². The SMILES string of the molecule is COc1ccc(Cc2ccc(CC(=O)O)cc2)cc1. The van der Waals surface area contributed by atoms with Crippen LogP contribution in [0.4, 0.5) is 0 Å². The van der Waals surface area contributed by atoms with E-state index in [4.69, 9.17) is 9.84 Å². The van der Waals surface area contributed by atoms with Crippen LogP contribution in [0.3, 0.4) is 0 Å². The average molecular weight is 256 g/mol. The molecule has 0 radical (unpaired) electrons.